The number of nitriles is 1. The smallest absolute Gasteiger partial charge is 0.235 e. The molecule has 3 aliphatic rings. The van der Waals surface area contributed by atoms with Crippen LogP contribution >= 0.6 is 0 Å². The highest BCUT2D eigenvalue weighted by atomic mass is 16.3. The fourth-order valence-electron chi connectivity index (χ4n) is 7.00. The van der Waals surface area contributed by atoms with Gasteiger partial charge in [0.2, 0.25) is 5.91 Å². The molecule has 2 fully saturated rings. The van der Waals surface area contributed by atoms with E-state index < -0.39 is 75.6 Å². The third kappa shape index (κ3) is 3.15. The van der Waals surface area contributed by atoms with E-state index in [0.29, 0.717) is 16.7 Å². The molecule has 1 aromatic heterocycles. The van der Waals surface area contributed by atoms with Gasteiger partial charge in [-0.05, 0) is 50.2 Å². The Hall–Kier alpha value is -4.31. The van der Waals surface area contributed by atoms with E-state index >= 15 is 0 Å². The number of hydrogen-bond donors (Lipinski definition) is 4. The van der Waals surface area contributed by atoms with Gasteiger partial charge in [0.25, 0.3) is 0 Å². The maximum Gasteiger partial charge on any atom is 0.235 e. The number of phenols is 1. The summed E-state index contributed by atoms with van der Waals surface area (Å²) in [5.41, 5.74) is 13.7. The number of primary amides is 1. The highest BCUT2D eigenvalue weighted by Gasteiger charge is 2.78. The number of Topliss-reactive ketones (excluding diaryl/α,β-unsaturated/α-hetero) is 4. The molecule has 1 amide bonds. The third-order valence-electron chi connectivity index (χ3n) is 8.45. The van der Waals surface area contributed by atoms with Crippen LogP contribution in [-0.4, -0.2) is 75.2 Å². The summed E-state index contributed by atoms with van der Waals surface area (Å²) in [6, 6.07) is 6.57. The molecular formula is C27H26N6O6. The highest BCUT2D eigenvalue weighted by Crippen LogP contribution is 2.56. The summed E-state index contributed by atoms with van der Waals surface area (Å²) in [4.78, 5) is 73.1. The van der Waals surface area contributed by atoms with Crippen LogP contribution in [-0.2, 0) is 25.6 Å². The molecule has 5 rings (SSSR count). The van der Waals surface area contributed by atoms with Gasteiger partial charge in [-0.2, -0.15) is 5.26 Å². The van der Waals surface area contributed by atoms with Crippen LogP contribution in [0.1, 0.15) is 22.3 Å². The van der Waals surface area contributed by atoms with Crippen LogP contribution in [0, 0.1) is 28.6 Å². The first-order valence-corrected chi connectivity index (χ1v) is 12.1. The van der Waals surface area contributed by atoms with Gasteiger partial charge in [-0.15, -0.1) is 0 Å². The minimum absolute atomic E-state index is 0.147. The summed E-state index contributed by atoms with van der Waals surface area (Å²) in [5.74, 6) is -10.0. The molecule has 1 heterocycles. The molecule has 7 N–H and O–H groups in total. The van der Waals surface area contributed by atoms with Crippen LogP contribution in [0.5, 0.6) is 5.75 Å². The van der Waals surface area contributed by atoms with E-state index in [1.54, 1.807) is 36.7 Å². The van der Waals surface area contributed by atoms with Crippen molar-refractivity contribution >= 4 is 29.0 Å². The zero-order chi connectivity index (χ0) is 28.7. The second-order valence-electron chi connectivity index (χ2n) is 10.8. The fraction of sp³-hybridized carbons (Fsp3) is 0.370. The molecule has 6 atom stereocenters. The number of hydrogen-bond acceptors (Lipinski definition) is 11. The molecule has 2 saturated carbocycles. The predicted octanol–water partition coefficient (Wildman–Crippen LogP) is -1.13. The first-order valence-electron chi connectivity index (χ1n) is 12.1. The van der Waals surface area contributed by atoms with E-state index in [1.807, 2.05) is 0 Å². The van der Waals surface area contributed by atoms with Crippen molar-refractivity contribution < 1.29 is 29.1 Å². The summed E-state index contributed by atoms with van der Waals surface area (Å²) < 4.78 is 0. The quantitative estimate of drug-likeness (QED) is 0.347. The van der Waals surface area contributed by atoms with Crippen molar-refractivity contribution in [2.45, 2.75) is 30.0 Å². The largest absolute Gasteiger partial charge is 0.507 e. The number of aromatic hydroxyl groups is 1. The number of benzene rings is 1. The average molecular weight is 531 g/mol. The number of ketones is 4. The maximum atomic E-state index is 14.3. The van der Waals surface area contributed by atoms with E-state index in [2.05, 4.69) is 4.98 Å². The number of fused-ring (bicyclic) bond motifs is 3. The number of likely N-dealkylation sites (N-methyl/N-ethyl adjacent to an activating group) is 1. The van der Waals surface area contributed by atoms with Gasteiger partial charge in [-0.1, -0.05) is 12.1 Å². The molecule has 12 nitrogen and oxygen atoms in total. The third-order valence-corrected chi connectivity index (χ3v) is 8.45. The molecule has 2 unspecified atom stereocenters. The monoisotopic (exact) mass is 530 g/mol. The summed E-state index contributed by atoms with van der Waals surface area (Å²) in [5, 5.41) is 21.1. The van der Waals surface area contributed by atoms with Gasteiger partial charge in [0.15, 0.2) is 34.5 Å². The van der Waals surface area contributed by atoms with E-state index in [1.165, 1.54) is 25.1 Å². The lowest BCUT2D eigenvalue weighted by Crippen LogP contribution is -2.85. The topological polar surface area (TPSA) is 224 Å². The molecule has 2 aromatic rings. The molecule has 0 saturated heterocycles. The van der Waals surface area contributed by atoms with E-state index in [9.17, 15) is 34.3 Å². The van der Waals surface area contributed by atoms with Gasteiger partial charge in [0, 0.05) is 23.5 Å². The van der Waals surface area contributed by atoms with Crippen molar-refractivity contribution in [1.29, 1.82) is 5.26 Å². The Labute approximate surface area is 222 Å². The number of nitrogens with zero attached hydrogens (tertiary/aromatic N) is 3. The number of aromatic nitrogens is 1. The van der Waals surface area contributed by atoms with Crippen molar-refractivity contribution in [3.8, 4) is 22.9 Å². The second-order valence-corrected chi connectivity index (χ2v) is 10.8. The van der Waals surface area contributed by atoms with Gasteiger partial charge in [-0.3, -0.25) is 33.9 Å². The summed E-state index contributed by atoms with van der Waals surface area (Å²) in [6.07, 6.45) is 2.52. The number of phenolic OH excluding ortho intramolecular Hbond substituents is 1. The lowest BCUT2D eigenvalue weighted by atomic mass is 9.42. The molecule has 3 aliphatic carbocycles. The van der Waals surface area contributed by atoms with Crippen LogP contribution in [0.15, 0.2) is 36.7 Å². The van der Waals surface area contributed by atoms with Gasteiger partial charge < -0.3 is 22.3 Å². The molecule has 0 radical (unpaired) electrons. The average Bonchev–Trinajstić information content (AvgIpc) is 2.83. The Morgan fingerprint density at radius 2 is 1.85 bits per heavy atom. The number of amides is 1. The van der Waals surface area contributed by atoms with Crippen molar-refractivity contribution in [2.24, 2.45) is 34.5 Å². The standard InChI is InChI=1S/C27H26N6O6/c1-33(2)21-20(36)17(24(29)39)22(37)26(11-28)23(38)18-19(35)16-14(8-25(18,30)10-27(21,26)31)13(5-6-15(16)34)12-4-3-7-32-9-12/h3-7,9,17-18,21,34H,8,10,30-31H2,1-2H3,(H2,29,39)/t17?,18?,21-,25-,26+,27-/m1/s1. The molecule has 0 spiro atoms. The minimum atomic E-state index is -2.77. The lowest BCUT2D eigenvalue weighted by Gasteiger charge is -2.60. The number of carbonyl (C=O) groups is 5. The Kier molecular flexibility index (Phi) is 5.63. The van der Waals surface area contributed by atoms with Crippen molar-refractivity contribution in [1.82, 2.24) is 9.88 Å². The normalized spacial score (nSPS) is 33.7. The minimum Gasteiger partial charge on any atom is -0.507 e. The fourth-order valence-corrected chi connectivity index (χ4v) is 7.00. The van der Waals surface area contributed by atoms with Crippen molar-refractivity contribution in [2.75, 3.05) is 14.1 Å². The SMILES string of the molecule is CN(C)[C@@H]1C(=O)C(C(N)=O)C(=O)[C@@]2(C#N)C(=O)C3C(=O)c4c(O)ccc(-c5cccnc5)c4C[C@@]3(N)C[C@@]12N. The molecule has 1 aromatic carbocycles. The summed E-state index contributed by atoms with van der Waals surface area (Å²) in [6.45, 7) is 0. The van der Waals surface area contributed by atoms with E-state index in [-0.39, 0.29) is 12.0 Å². The number of rotatable bonds is 3. The second kappa shape index (κ2) is 8.34. The molecular weight excluding hydrogens is 504 g/mol. The highest BCUT2D eigenvalue weighted by molar-refractivity contribution is 6.33. The van der Waals surface area contributed by atoms with E-state index in [4.69, 9.17) is 17.2 Å². The summed E-state index contributed by atoms with van der Waals surface area (Å²) in [7, 11) is 2.90. The van der Waals surface area contributed by atoms with Gasteiger partial charge >= 0.3 is 0 Å². The van der Waals surface area contributed by atoms with Crippen LogP contribution < -0.4 is 17.2 Å². The van der Waals surface area contributed by atoms with Crippen molar-refractivity contribution in [3.63, 3.8) is 0 Å². The van der Waals surface area contributed by atoms with Gasteiger partial charge in [0.1, 0.15) is 11.7 Å². The van der Waals surface area contributed by atoms with E-state index in [0.717, 1.165) is 0 Å². The van der Waals surface area contributed by atoms with Crippen LogP contribution in [0.3, 0.4) is 0 Å². The zero-order valence-corrected chi connectivity index (χ0v) is 21.2. The van der Waals surface area contributed by atoms with Gasteiger partial charge in [-0.25, -0.2) is 0 Å². The maximum absolute atomic E-state index is 14.3. The number of nitrogens with two attached hydrogens (primary N) is 3. The number of pyridine rings is 1. The van der Waals surface area contributed by atoms with Crippen LogP contribution in [0.4, 0.5) is 0 Å². The lowest BCUT2D eigenvalue weighted by molar-refractivity contribution is -0.166. The Morgan fingerprint density at radius 1 is 1.15 bits per heavy atom. The molecule has 0 bridgehead atoms. The Morgan fingerprint density at radius 3 is 2.41 bits per heavy atom. The van der Waals surface area contributed by atoms with Crippen LogP contribution in [0.2, 0.25) is 0 Å². The number of carbonyl (C=O) groups excluding carboxylic acids is 5. The Balaban J connectivity index is 1.79. The van der Waals surface area contributed by atoms with Crippen molar-refractivity contribution in [3.05, 3.63) is 47.8 Å². The first kappa shape index (κ1) is 26.3. The molecule has 200 valence electrons. The molecule has 39 heavy (non-hydrogen) atoms. The first-order chi connectivity index (χ1) is 18.3. The zero-order valence-electron chi connectivity index (χ0n) is 21.2. The molecule has 0 aliphatic heterocycles. The molecule has 12 heteroatoms. The summed E-state index contributed by atoms with van der Waals surface area (Å²) >= 11 is 0. The van der Waals surface area contributed by atoms with Gasteiger partial charge in [0.05, 0.1) is 23.2 Å². The Bertz CT molecular complexity index is 1530. The van der Waals surface area contributed by atoms with Crippen LogP contribution in [0.25, 0.3) is 11.1 Å². The predicted molar refractivity (Wildman–Crippen MR) is 135 cm³/mol.